The van der Waals surface area contributed by atoms with Crippen LogP contribution < -0.4 is 14.8 Å². The molecular weight excluding hydrogens is 364 g/mol. The standard InChI is InChI=1S/C18H23F2NO6/c1-5-26-13-9-18(15(23)24,17(13,2)3)21-14(22)10-6-7-11(25-4)12(8-10)27-16(19)20/h6-8,13,16H,5,9H2,1-4H3,(H,21,22)(H,23,24). The summed E-state index contributed by atoms with van der Waals surface area (Å²) in [6.07, 6.45) is -0.224. The summed E-state index contributed by atoms with van der Waals surface area (Å²) in [5, 5.41) is 12.3. The van der Waals surface area contributed by atoms with Gasteiger partial charge in [0.1, 0.15) is 5.54 Å². The predicted octanol–water partition coefficient (Wildman–Crippen LogP) is 2.68. The Hall–Kier alpha value is -2.42. The molecule has 0 bridgehead atoms. The molecule has 2 atom stereocenters. The van der Waals surface area contributed by atoms with Gasteiger partial charge in [0.15, 0.2) is 11.5 Å². The molecule has 0 spiro atoms. The van der Waals surface area contributed by atoms with E-state index < -0.39 is 29.4 Å². The van der Waals surface area contributed by atoms with Crippen LogP contribution in [-0.4, -0.2) is 49.0 Å². The number of halogens is 2. The van der Waals surface area contributed by atoms with Gasteiger partial charge in [-0.05, 0) is 25.1 Å². The van der Waals surface area contributed by atoms with E-state index in [2.05, 4.69) is 10.1 Å². The molecule has 0 heterocycles. The van der Waals surface area contributed by atoms with Crippen molar-refractivity contribution < 1.29 is 37.7 Å². The summed E-state index contributed by atoms with van der Waals surface area (Å²) in [4.78, 5) is 24.6. The Labute approximate surface area is 155 Å². The third kappa shape index (κ3) is 3.69. The molecule has 0 radical (unpaired) electrons. The number of aliphatic carboxylic acids is 1. The van der Waals surface area contributed by atoms with Crippen molar-refractivity contribution in [3.63, 3.8) is 0 Å². The van der Waals surface area contributed by atoms with Crippen LogP contribution in [0.3, 0.4) is 0 Å². The molecule has 27 heavy (non-hydrogen) atoms. The van der Waals surface area contributed by atoms with Crippen LogP contribution >= 0.6 is 0 Å². The Balaban J connectivity index is 2.28. The minimum atomic E-state index is -3.10. The Morgan fingerprint density at radius 2 is 2.00 bits per heavy atom. The Kier molecular flexibility index (Phi) is 5.94. The van der Waals surface area contributed by atoms with E-state index in [1.54, 1.807) is 20.8 Å². The monoisotopic (exact) mass is 387 g/mol. The second-order valence-corrected chi connectivity index (χ2v) is 6.78. The Morgan fingerprint density at radius 3 is 2.48 bits per heavy atom. The molecule has 0 saturated heterocycles. The fourth-order valence-corrected chi connectivity index (χ4v) is 3.31. The lowest BCUT2D eigenvalue weighted by Crippen LogP contribution is -2.76. The van der Waals surface area contributed by atoms with Gasteiger partial charge in [0.2, 0.25) is 0 Å². The number of hydrogen-bond acceptors (Lipinski definition) is 5. The summed E-state index contributed by atoms with van der Waals surface area (Å²) in [7, 11) is 1.28. The number of alkyl halides is 2. The molecule has 2 rings (SSSR count). The normalized spacial score (nSPS) is 23.4. The smallest absolute Gasteiger partial charge is 0.387 e. The molecule has 9 heteroatoms. The lowest BCUT2D eigenvalue weighted by atomic mass is 9.54. The van der Waals surface area contributed by atoms with Gasteiger partial charge in [-0.1, -0.05) is 13.8 Å². The van der Waals surface area contributed by atoms with Gasteiger partial charge in [-0.25, -0.2) is 4.79 Å². The number of ether oxygens (including phenoxy) is 3. The van der Waals surface area contributed by atoms with Gasteiger partial charge < -0.3 is 24.6 Å². The van der Waals surface area contributed by atoms with Gasteiger partial charge in [0, 0.05) is 24.0 Å². The van der Waals surface area contributed by atoms with Crippen molar-refractivity contribution in [2.24, 2.45) is 5.41 Å². The van der Waals surface area contributed by atoms with E-state index in [0.29, 0.717) is 6.61 Å². The molecule has 0 aromatic heterocycles. The topological polar surface area (TPSA) is 94.1 Å². The third-order valence-corrected chi connectivity index (χ3v) is 5.10. The van der Waals surface area contributed by atoms with E-state index in [4.69, 9.17) is 9.47 Å². The number of benzene rings is 1. The van der Waals surface area contributed by atoms with E-state index >= 15 is 0 Å². The highest BCUT2D eigenvalue weighted by Gasteiger charge is 2.66. The zero-order valence-electron chi connectivity index (χ0n) is 15.5. The van der Waals surface area contributed by atoms with Crippen molar-refractivity contribution >= 4 is 11.9 Å². The maximum absolute atomic E-state index is 12.6. The predicted molar refractivity (Wildman–Crippen MR) is 91.3 cm³/mol. The minimum absolute atomic E-state index is 0.0252. The number of nitrogens with one attached hydrogen (secondary N) is 1. The fourth-order valence-electron chi connectivity index (χ4n) is 3.31. The number of carboxylic acid groups (broad SMARTS) is 1. The van der Waals surface area contributed by atoms with E-state index in [1.807, 2.05) is 0 Å². The van der Waals surface area contributed by atoms with Gasteiger partial charge in [-0.3, -0.25) is 4.79 Å². The largest absolute Gasteiger partial charge is 0.493 e. The van der Waals surface area contributed by atoms with Gasteiger partial charge in [0.05, 0.1) is 13.2 Å². The van der Waals surface area contributed by atoms with Crippen LogP contribution in [0.25, 0.3) is 0 Å². The third-order valence-electron chi connectivity index (χ3n) is 5.10. The summed E-state index contributed by atoms with van der Waals surface area (Å²) in [6.45, 7) is 2.52. The molecule has 1 aromatic carbocycles. The van der Waals surface area contributed by atoms with Crippen LogP contribution in [0.4, 0.5) is 8.78 Å². The highest BCUT2D eigenvalue weighted by atomic mass is 19.3. The molecular formula is C18H23F2NO6. The second-order valence-electron chi connectivity index (χ2n) is 6.78. The van der Waals surface area contributed by atoms with Crippen LogP contribution in [0, 0.1) is 5.41 Å². The average molecular weight is 387 g/mol. The molecule has 1 amide bonds. The molecule has 1 saturated carbocycles. The Bertz CT molecular complexity index is 724. The van der Waals surface area contributed by atoms with Crippen molar-refractivity contribution in [3.05, 3.63) is 23.8 Å². The Morgan fingerprint density at radius 1 is 1.33 bits per heavy atom. The zero-order chi connectivity index (χ0) is 20.4. The van der Waals surface area contributed by atoms with E-state index in [1.165, 1.54) is 19.2 Å². The van der Waals surface area contributed by atoms with Crippen LogP contribution in [0.5, 0.6) is 11.5 Å². The van der Waals surface area contributed by atoms with Gasteiger partial charge in [-0.15, -0.1) is 0 Å². The van der Waals surface area contributed by atoms with Crippen molar-refractivity contribution in [1.29, 1.82) is 0 Å². The maximum Gasteiger partial charge on any atom is 0.387 e. The number of rotatable bonds is 8. The van der Waals surface area contributed by atoms with Gasteiger partial charge >= 0.3 is 12.6 Å². The van der Waals surface area contributed by atoms with Gasteiger partial charge in [-0.2, -0.15) is 8.78 Å². The maximum atomic E-state index is 12.6. The first kappa shape index (κ1) is 20.9. The lowest BCUT2D eigenvalue weighted by Gasteiger charge is -2.58. The number of methoxy groups -OCH3 is 1. The molecule has 150 valence electrons. The lowest BCUT2D eigenvalue weighted by molar-refractivity contribution is -0.190. The average Bonchev–Trinajstić information content (AvgIpc) is 2.59. The molecule has 1 aliphatic rings. The summed E-state index contributed by atoms with van der Waals surface area (Å²) in [5.74, 6) is -2.19. The number of carbonyl (C=O) groups excluding carboxylic acids is 1. The van der Waals surface area contributed by atoms with E-state index in [0.717, 1.165) is 6.07 Å². The number of carboxylic acids is 1. The molecule has 2 unspecified atom stereocenters. The van der Waals surface area contributed by atoms with Crippen molar-refractivity contribution in [3.8, 4) is 11.5 Å². The molecule has 0 aliphatic heterocycles. The van der Waals surface area contributed by atoms with Gasteiger partial charge in [0.25, 0.3) is 5.91 Å². The molecule has 1 aliphatic carbocycles. The van der Waals surface area contributed by atoms with E-state index in [9.17, 15) is 23.5 Å². The molecule has 1 aromatic rings. The fraction of sp³-hybridized carbons (Fsp3) is 0.556. The van der Waals surface area contributed by atoms with Crippen molar-refractivity contribution in [2.75, 3.05) is 13.7 Å². The second kappa shape index (κ2) is 7.67. The first-order valence-corrected chi connectivity index (χ1v) is 8.39. The van der Waals surface area contributed by atoms with Crippen molar-refractivity contribution in [2.45, 2.75) is 45.4 Å². The summed E-state index contributed by atoms with van der Waals surface area (Å²) in [6, 6.07) is 3.73. The number of carbonyl (C=O) groups is 2. The molecule has 2 N–H and O–H groups in total. The minimum Gasteiger partial charge on any atom is -0.493 e. The highest BCUT2D eigenvalue weighted by Crippen LogP contribution is 2.51. The summed E-state index contributed by atoms with van der Waals surface area (Å²) >= 11 is 0. The zero-order valence-corrected chi connectivity index (χ0v) is 15.5. The summed E-state index contributed by atoms with van der Waals surface area (Å²) < 4.78 is 39.9. The number of hydrogen-bond donors (Lipinski definition) is 2. The first-order chi connectivity index (χ1) is 12.6. The SMILES string of the molecule is CCOC1CC(NC(=O)c2ccc(OC)c(OC(F)F)c2)(C(=O)O)C1(C)C. The highest BCUT2D eigenvalue weighted by molar-refractivity contribution is 5.99. The van der Waals surface area contributed by atoms with Crippen LogP contribution in [-0.2, 0) is 9.53 Å². The first-order valence-electron chi connectivity index (χ1n) is 8.39. The van der Waals surface area contributed by atoms with E-state index in [-0.39, 0.29) is 29.6 Å². The number of amides is 1. The molecule has 7 nitrogen and oxygen atoms in total. The quantitative estimate of drug-likeness (QED) is 0.712. The van der Waals surface area contributed by atoms with Crippen molar-refractivity contribution in [1.82, 2.24) is 5.32 Å². The van der Waals surface area contributed by atoms with Crippen LogP contribution in [0.15, 0.2) is 18.2 Å². The van der Waals surface area contributed by atoms with Crippen LogP contribution in [0.2, 0.25) is 0 Å². The summed E-state index contributed by atoms with van der Waals surface area (Å²) in [5.41, 5.74) is -2.42. The molecule has 1 fully saturated rings. The van der Waals surface area contributed by atoms with Crippen LogP contribution in [0.1, 0.15) is 37.6 Å².